The van der Waals surface area contributed by atoms with Crippen molar-refractivity contribution >= 4 is 20.0 Å². The van der Waals surface area contributed by atoms with Gasteiger partial charge in [-0.05, 0) is 36.8 Å². The minimum atomic E-state index is -3.65. The van der Waals surface area contributed by atoms with Crippen molar-refractivity contribution in [2.45, 2.75) is 23.3 Å². The molecule has 0 saturated carbocycles. The zero-order chi connectivity index (χ0) is 18.8. The smallest absolute Gasteiger partial charge is 0.207 e. The zero-order valence-electron chi connectivity index (χ0n) is 14.7. The summed E-state index contributed by atoms with van der Waals surface area (Å²) in [6.07, 6.45) is 0. The molecule has 136 valence electrons. The van der Waals surface area contributed by atoms with Gasteiger partial charge in [0.25, 0.3) is 0 Å². The second-order valence-electron chi connectivity index (χ2n) is 6.01. The number of sulfonamides is 2. The molecule has 2 aromatic rings. The van der Waals surface area contributed by atoms with Gasteiger partial charge in [-0.1, -0.05) is 29.8 Å². The molecular formula is C17H22N2O4S2. The largest absolute Gasteiger partial charge is 0.243 e. The van der Waals surface area contributed by atoms with Crippen LogP contribution in [0, 0.1) is 6.92 Å². The summed E-state index contributed by atoms with van der Waals surface area (Å²) in [5, 5.41) is 0. The van der Waals surface area contributed by atoms with Gasteiger partial charge in [0.1, 0.15) is 0 Å². The van der Waals surface area contributed by atoms with Crippen molar-refractivity contribution < 1.29 is 16.8 Å². The first-order valence-corrected chi connectivity index (χ1v) is 10.5. The summed E-state index contributed by atoms with van der Waals surface area (Å²) in [7, 11) is -2.82. The second-order valence-corrected chi connectivity index (χ2v) is 10.2. The number of rotatable bonds is 6. The van der Waals surface area contributed by atoms with E-state index in [0.717, 1.165) is 9.87 Å². The van der Waals surface area contributed by atoms with E-state index >= 15 is 0 Å². The highest BCUT2D eigenvalue weighted by Crippen LogP contribution is 2.20. The lowest BCUT2D eigenvalue weighted by Crippen LogP contribution is -2.27. The standard InChI is InChI=1S/C17H22N2O4S2/c1-14-8-10-16(11-9-14)25(22,23)19(4)13-15-6-5-7-17(12-15)24(20,21)18(2)3/h5-12H,13H2,1-4H3. The summed E-state index contributed by atoms with van der Waals surface area (Å²) in [4.78, 5) is 0.341. The molecular weight excluding hydrogens is 360 g/mol. The van der Waals surface area contributed by atoms with Gasteiger partial charge in [-0.3, -0.25) is 0 Å². The quantitative estimate of drug-likeness (QED) is 0.766. The summed E-state index contributed by atoms with van der Waals surface area (Å²) in [5.74, 6) is 0. The lowest BCUT2D eigenvalue weighted by Gasteiger charge is -2.18. The van der Waals surface area contributed by atoms with Gasteiger partial charge in [-0.2, -0.15) is 4.31 Å². The predicted molar refractivity (Wildman–Crippen MR) is 97.1 cm³/mol. The van der Waals surface area contributed by atoms with E-state index in [1.54, 1.807) is 36.4 Å². The molecule has 8 heteroatoms. The maximum Gasteiger partial charge on any atom is 0.243 e. The second kappa shape index (κ2) is 7.25. The van der Waals surface area contributed by atoms with Crippen LogP contribution in [0.1, 0.15) is 11.1 Å². The van der Waals surface area contributed by atoms with Gasteiger partial charge in [-0.25, -0.2) is 21.1 Å². The monoisotopic (exact) mass is 382 g/mol. The summed E-state index contributed by atoms with van der Waals surface area (Å²) in [6.45, 7) is 1.96. The van der Waals surface area contributed by atoms with E-state index in [-0.39, 0.29) is 16.3 Å². The molecule has 0 spiro atoms. The molecule has 6 nitrogen and oxygen atoms in total. The molecule has 0 atom stereocenters. The molecule has 0 aliphatic carbocycles. The van der Waals surface area contributed by atoms with Crippen LogP contribution < -0.4 is 0 Å². The molecule has 0 aliphatic heterocycles. The van der Waals surface area contributed by atoms with Crippen molar-refractivity contribution in [1.82, 2.24) is 8.61 Å². The lowest BCUT2D eigenvalue weighted by atomic mass is 10.2. The first-order valence-electron chi connectivity index (χ1n) is 7.59. The Labute approximate surface area is 149 Å². The van der Waals surface area contributed by atoms with Gasteiger partial charge >= 0.3 is 0 Å². The average molecular weight is 383 g/mol. The molecule has 0 radical (unpaired) electrons. The maximum atomic E-state index is 12.6. The van der Waals surface area contributed by atoms with Crippen molar-refractivity contribution in [3.8, 4) is 0 Å². The van der Waals surface area contributed by atoms with Gasteiger partial charge in [0.2, 0.25) is 20.0 Å². The number of aryl methyl sites for hydroxylation is 1. The Balaban J connectivity index is 2.29. The molecule has 0 heterocycles. The number of nitrogens with zero attached hydrogens (tertiary/aromatic N) is 2. The lowest BCUT2D eigenvalue weighted by molar-refractivity contribution is 0.466. The summed E-state index contributed by atoms with van der Waals surface area (Å²) in [5.41, 5.74) is 1.57. The fourth-order valence-corrected chi connectivity index (χ4v) is 4.38. The highest BCUT2D eigenvalue weighted by Gasteiger charge is 2.22. The van der Waals surface area contributed by atoms with Gasteiger partial charge in [0.15, 0.2) is 0 Å². The van der Waals surface area contributed by atoms with Crippen LogP contribution in [-0.4, -0.2) is 46.6 Å². The van der Waals surface area contributed by atoms with Crippen LogP contribution in [0.3, 0.4) is 0 Å². The number of hydrogen-bond acceptors (Lipinski definition) is 4. The Morgan fingerprint density at radius 3 is 1.96 bits per heavy atom. The van der Waals surface area contributed by atoms with Gasteiger partial charge in [0, 0.05) is 27.7 Å². The Morgan fingerprint density at radius 1 is 0.800 bits per heavy atom. The Hall–Kier alpha value is -1.74. The van der Waals surface area contributed by atoms with E-state index in [9.17, 15) is 16.8 Å². The highest BCUT2D eigenvalue weighted by molar-refractivity contribution is 7.89. The topological polar surface area (TPSA) is 74.8 Å². The van der Waals surface area contributed by atoms with Crippen LogP contribution in [0.15, 0.2) is 58.3 Å². The first kappa shape index (κ1) is 19.6. The van der Waals surface area contributed by atoms with Crippen LogP contribution in [0.2, 0.25) is 0 Å². The van der Waals surface area contributed by atoms with E-state index in [1.165, 1.54) is 37.6 Å². The summed E-state index contributed by atoms with van der Waals surface area (Å²) >= 11 is 0. The van der Waals surface area contributed by atoms with E-state index in [1.807, 2.05) is 6.92 Å². The van der Waals surface area contributed by atoms with Crippen LogP contribution >= 0.6 is 0 Å². The molecule has 2 aromatic carbocycles. The molecule has 0 saturated heterocycles. The normalized spacial score (nSPS) is 12.7. The molecule has 0 amide bonds. The minimum absolute atomic E-state index is 0.0764. The number of hydrogen-bond donors (Lipinski definition) is 0. The first-order chi connectivity index (χ1) is 11.5. The third-order valence-corrected chi connectivity index (χ3v) is 7.44. The van der Waals surface area contributed by atoms with Crippen LogP contribution in [0.4, 0.5) is 0 Å². The SMILES string of the molecule is Cc1ccc(S(=O)(=O)N(C)Cc2cccc(S(=O)(=O)N(C)C)c2)cc1. The third-order valence-electron chi connectivity index (χ3n) is 3.81. The van der Waals surface area contributed by atoms with Crippen molar-refractivity contribution in [2.75, 3.05) is 21.1 Å². The van der Waals surface area contributed by atoms with Crippen molar-refractivity contribution in [3.63, 3.8) is 0 Å². The molecule has 0 unspecified atom stereocenters. The highest BCUT2D eigenvalue weighted by atomic mass is 32.2. The fourth-order valence-electron chi connectivity index (χ4n) is 2.25. The predicted octanol–water partition coefficient (Wildman–Crippen LogP) is 2.07. The van der Waals surface area contributed by atoms with E-state index < -0.39 is 20.0 Å². The molecule has 0 N–H and O–H groups in total. The molecule has 25 heavy (non-hydrogen) atoms. The molecule has 0 aromatic heterocycles. The summed E-state index contributed by atoms with van der Waals surface area (Å²) in [6, 6.07) is 12.9. The Morgan fingerprint density at radius 2 is 1.40 bits per heavy atom. The maximum absolute atomic E-state index is 12.6. The van der Waals surface area contributed by atoms with Crippen LogP contribution in [-0.2, 0) is 26.6 Å². The van der Waals surface area contributed by atoms with Crippen LogP contribution in [0.25, 0.3) is 0 Å². The Kier molecular flexibility index (Phi) is 5.68. The van der Waals surface area contributed by atoms with Gasteiger partial charge in [0.05, 0.1) is 9.79 Å². The number of benzene rings is 2. The van der Waals surface area contributed by atoms with Crippen molar-refractivity contribution in [1.29, 1.82) is 0 Å². The molecule has 0 bridgehead atoms. The Bertz CT molecular complexity index is 950. The van der Waals surface area contributed by atoms with Crippen molar-refractivity contribution in [3.05, 3.63) is 59.7 Å². The van der Waals surface area contributed by atoms with E-state index in [4.69, 9.17) is 0 Å². The molecule has 0 fully saturated rings. The van der Waals surface area contributed by atoms with Crippen molar-refractivity contribution in [2.24, 2.45) is 0 Å². The van der Waals surface area contributed by atoms with Gasteiger partial charge < -0.3 is 0 Å². The fraction of sp³-hybridized carbons (Fsp3) is 0.294. The van der Waals surface area contributed by atoms with Crippen LogP contribution in [0.5, 0.6) is 0 Å². The minimum Gasteiger partial charge on any atom is -0.207 e. The third kappa shape index (κ3) is 4.27. The van der Waals surface area contributed by atoms with E-state index in [2.05, 4.69) is 0 Å². The molecule has 2 rings (SSSR count). The summed E-state index contributed by atoms with van der Waals surface area (Å²) < 4.78 is 52.0. The zero-order valence-corrected chi connectivity index (χ0v) is 16.3. The van der Waals surface area contributed by atoms with Gasteiger partial charge in [-0.15, -0.1) is 0 Å². The van der Waals surface area contributed by atoms with E-state index in [0.29, 0.717) is 5.56 Å². The molecule has 0 aliphatic rings. The average Bonchev–Trinajstić information content (AvgIpc) is 2.55.